The zero-order valence-electron chi connectivity index (χ0n) is 15.9. The van der Waals surface area contributed by atoms with E-state index in [2.05, 4.69) is 29.0 Å². The van der Waals surface area contributed by atoms with Gasteiger partial charge >= 0.3 is 0 Å². The van der Waals surface area contributed by atoms with Crippen molar-refractivity contribution in [3.63, 3.8) is 0 Å². The zero-order valence-corrected chi connectivity index (χ0v) is 15.9. The monoisotopic (exact) mass is 349 g/mol. The summed E-state index contributed by atoms with van der Waals surface area (Å²) in [5, 5.41) is 3.18. The van der Waals surface area contributed by atoms with Crippen LogP contribution in [0, 0.1) is 31.1 Å². The second kappa shape index (κ2) is 7.46. The van der Waals surface area contributed by atoms with Gasteiger partial charge in [-0.25, -0.2) is 4.98 Å². The number of aromatic nitrogens is 1. The van der Waals surface area contributed by atoms with Crippen LogP contribution < -0.4 is 5.32 Å². The minimum Gasteiger partial charge on any atom is -0.444 e. The third kappa shape index (κ3) is 3.90. The smallest absolute Gasteiger partial charge is 0.231 e. The molecule has 140 valence electrons. The molecule has 0 aromatic carbocycles. The molecule has 6 nitrogen and oxygen atoms in total. The van der Waals surface area contributed by atoms with Crippen LogP contribution in [0.5, 0.6) is 0 Å². The lowest BCUT2D eigenvalue weighted by molar-refractivity contribution is -0.172. The van der Waals surface area contributed by atoms with Gasteiger partial charge in [0, 0.05) is 6.54 Å². The predicted molar refractivity (Wildman–Crippen MR) is 95.1 cm³/mol. The number of nitrogens with zero attached hydrogens (tertiary/aromatic N) is 2. The Bertz CT molecular complexity index is 580. The van der Waals surface area contributed by atoms with Crippen molar-refractivity contribution in [2.45, 2.75) is 47.1 Å². The number of likely N-dealkylation sites (tertiary alicyclic amines) is 1. The highest BCUT2D eigenvalue weighted by atomic mass is 16.5. The lowest BCUT2D eigenvalue weighted by Gasteiger charge is -2.43. The lowest BCUT2D eigenvalue weighted by atomic mass is 9.74. The molecular weight excluding hydrogens is 318 g/mol. The van der Waals surface area contributed by atoms with E-state index in [0.717, 1.165) is 56.4 Å². The number of carbonyl (C=O) groups is 1. The van der Waals surface area contributed by atoms with Gasteiger partial charge < -0.3 is 14.5 Å². The molecule has 2 aliphatic heterocycles. The molecule has 0 radical (unpaired) electrons. The first kappa shape index (κ1) is 18.4. The van der Waals surface area contributed by atoms with Gasteiger partial charge in [0.1, 0.15) is 5.76 Å². The van der Waals surface area contributed by atoms with Crippen LogP contribution in [0.15, 0.2) is 4.42 Å². The van der Waals surface area contributed by atoms with E-state index in [1.165, 1.54) is 0 Å². The summed E-state index contributed by atoms with van der Waals surface area (Å²) in [5.41, 5.74) is 0.674. The number of piperidine rings is 1. The van der Waals surface area contributed by atoms with Gasteiger partial charge in [0.25, 0.3) is 0 Å². The van der Waals surface area contributed by atoms with E-state index in [-0.39, 0.29) is 11.3 Å². The summed E-state index contributed by atoms with van der Waals surface area (Å²) in [4.78, 5) is 19.4. The predicted octanol–water partition coefficient (Wildman–Crippen LogP) is 2.29. The van der Waals surface area contributed by atoms with Crippen molar-refractivity contribution < 1.29 is 13.9 Å². The first-order valence-corrected chi connectivity index (χ1v) is 9.42. The van der Waals surface area contributed by atoms with Crippen molar-refractivity contribution in [1.29, 1.82) is 0 Å². The van der Waals surface area contributed by atoms with Crippen LogP contribution in [-0.4, -0.2) is 48.6 Å². The van der Waals surface area contributed by atoms with Crippen LogP contribution in [0.25, 0.3) is 0 Å². The van der Waals surface area contributed by atoms with Gasteiger partial charge in [0.2, 0.25) is 11.8 Å². The molecule has 2 fully saturated rings. The summed E-state index contributed by atoms with van der Waals surface area (Å²) in [6, 6.07) is 0. The van der Waals surface area contributed by atoms with Crippen LogP contribution in [0.4, 0.5) is 0 Å². The van der Waals surface area contributed by atoms with Crippen molar-refractivity contribution in [2.75, 3.05) is 32.8 Å². The Balaban J connectivity index is 1.41. The van der Waals surface area contributed by atoms with E-state index in [0.29, 0.717) is 25.0 Å². The van der Waals surface area contributed by atoms with Gasteiger partial charge in [-0.3, -0.25) is 9.69 Å². The summed E-state index contributed by atoms with van der Waals surface area (Å²) in [6.07, 6.45) is 2.20. The molecule has 25 heavy (non-hydrogen) atoms. The van der Waals surface area contributed by atoms with Gasteiger partial charge in [-0.05, 0) is 51.6 Å². The molecule has 6 heteroatoms. The van der Waals surface area contributed by atoms with Crippen LogP contribution in [0.1, 0.15) is 44.0 Å². The molecule has 0 bridgehead atoms. The van der Waals surface area contributed by atoms with Gasteiger partial charge in [-0.15, -0.1) is 0 Å². The Morgan fingerprint density at radius 1 is 1.32 bits per heavy atom. The van der Waals surface area contributed by atoms with Crippen LogP contribution >= 0.6 is 0 Å². The topological polar surface area (TPSA) is 67.6 Å². The zero-order chi connectivity index (χ0) is 18.0. The molecule has 0 aliphatic carbocycles. The molecule has 0 saturated carbocycles. The van der Waals surface area contributed by atoms with E-state index in [4.69, 9.17) is 9.15 Å². The number of aryl methyl sites for hydroxylation is 2. The average Bonchev–Trinajstić information content (AvgIpc) is 2.83. The Morgan fingerprint density at radius 2 is 2.00 bits per heavy atom. The number of hydrogen-bond acceptors (Lipinski definition) is 5. The fourth-order valence-corrected chi connectivity index (χ4v) is 3.61. The molecule has 0 unspecified atom stereocenters. The highest BCUT2D eigenvalue weighted by molar-refractivity contribution is 5.84. The van der Waals surface area contributed by atoms with E-state index >= 15 is 0 Å². The summed E-state index contributed by atoms with van der Waals surface area (Å²) >= 11 is 0. The molecule has 3 heterocycles. The average molecular weight is 349 g/mol. The van der Waals surface area contributed by atoms with Crippen molar-refractivity contribution >= 4 is 5.91 Å². The number of nitrogens with one attached hydrogen (secondary N) is 1. The van der Waals surface area contributed by atoms with E-state index in [1.54, 1.807) is 0 Å². The Kier molecular flexibility index (Phi) is 5.49. The lowest BCUT2D eigenvalue weighted by Crippen LogP contribution is -2.57. The number of hydrogen-bond donors (Lipinski definition) is 1. The molecule has 2 aliphatic rings. The van der Waals surface area contributed by atoms with Crippen molar-refractivity contribution in [1.82, 2.24) is 15.2 Å². The number of ether oxygens (including phenoxy) is 1. The minimum atomic E-state index is -0.304. The Hall–Kier alpha value is -1.40. The molecule has 0 atom stereocenters. The Labute approximate surface area is 150 Å². The van der Waals surface area contributed by atoms with Gasteiger partial charge in [-0.1, -0.05) is 13.8 Å². The van der Waals surface area contributed by atoms with Crippen molar-refractivity contribution in [2.24, 2.45) is 17.3 Å². The fourth-order valence-electron chi connectivity index (χ4n) is 3.61. The largest absolute Gasteiger partial charge is 0.444 e. The summed E-state index contributed by atoms with van der Waals surface area (Å²) in [6.45, 7) is 12.9. The maximum Gasteiger partial charge on any atom is 0.231 e. The third-order valence-corrected chi connectivity index (χ3v) is 5.97. The molecule has 3 rings (SSSR count). The minimum absolute atomic E-state index is 0.168. The standard InChI is InChI=1S/C19H31N3O3/c1-13(2)19(11-24-12-19)18(23)20-9-16-5-7-22(8-6-16)10-17-21-14(3)15(4)25-17/h13,16H,5-12H2,1-4H3,(H,20,23). The summed E-state index contributed by atoms with van der Waals surface area (Å²) < 4.78 is 11.0. The quantitative estimate of drug-likeness (QED) is 0.853. The van der Waals surface area contributed by atoms with Crippen molar-refractivity contribution in [3.05, 3.63) is 17.3 Å². The highest BCUT2D eigenvalue weighted by Crippen LogP contribution is 2.36. The second-order valence-electron chi connectivity index (χ2n) is 7.98. The summed E-state index contributed by atoms with van der Waals surface area (Å²) in [5.74, 6) is 2.76. The normalized spacial score (nSPS) is 21.3. The Morgan fingerprint density at radius 3 is 2.48 bits per heavy atom. The first-order valence-electron chi connectivity index (χ1n) is 9.42. The number of carbonyl (C=O) groups excluding carboxylic acids is 1. The van der Waals surface area contributed by atoms with Gasteiger partial charge in [-0.2, -0.15) is 0 Å². The molecule has 1 aromatic heterocycles. The molecular formula is C19H31N3O3. The molecule has 2 saturated heterocycles. The molecule has 1 amide bonds. The molecule has 0 spiro atoms. The fraction of sp³-hybridized carbons (Fsp3) is 0.789. The van der Waals surface area contributed by atoms with Gasteiger partial charge in [0.05, 0.1) is 30.9 Å². The third-order valence-electron chi connectivity index (χ3n) is 5.97. The van der Waals surface area contributed by atoms with E-state index < -0.39 is 0 Å². The number of rotatable bonds is 6. The van der Waals surface area contributed by atoms with Crippen LogP contribution in [0.2, 0.25) is 0 Å². The van der Waals surface area contributed by atoms with Crippen molar-refractivity contribution in [3.8, 4) is 0 Å². The maximum atomic E-state index is 12.5. The number of oxazole rings is 1. The second-order valence-corrected chi connectivity index (χ2v) is 7.98. The molecule has 1 aromatic rings. The maximum absolute atomic E-state index is 12.5. The van der Waals surface area contributed by atoms with Crippen LogP contribution in [0.3, 0.4) is 0 Å². The SMILES string of the molecule is Cc1nc(CN2CCC(CNC(=O)C3(C(C)C)COC3)CC2)oc1C. The van der Waals surface area contributed by atoms with E-state index in [1.807, 2.05) is 13.8 Å². The van der Waals surface area contributed by atoms with Gasteiger partial charge in [0.15, 0.2) is 0 Å². The molecule has 1 N–H and O–H groups in total. The van der Waals surface area contributed by atoms with E-state index in [9.17, 15) is 4.79 Å². The highest BCUT2D eigenvalue weighted by Gasteiger charge is 2.48. The first-order chi connectivity index (χ1) is 11.9. The summed E-state index contributed by atoms with van der Waals surface area (Å²) in [7, 11) is 0. The van der Waals surface area contributed by atoms with Crippen LogP contribution in [-0.2, 0) is 16.1 Å². The number of amides is 1.